The summed E-state index contributed by atoms with van der Waals surface area (Å²) in [5.74, 6) is 1.03. The molecule has 0 aliphatic carbocycles. The molecule has 148 valence electrons. The van der Waals surface area contributed by atoms with Crippen molar-refractivity contribution in [3.05, 3.63) is 78.0 Å². The molecule has 0 saturated heterocycles. The smallest absolute Gasteiger partial charge is 0.132 e. The van der Waals surface area contributed by atoms with Gasteiger partial charge in [-0.15, -0.1) is 0 Å². The number of rotatable bonds is 6. The average Bonchev–Trinajstić information content (AvgIpc) is 2.76. The lowest BCUT2D eigenvalue weighted by Crippen LogP contribution is -2.39. The monoisotopic (exact) mass is 386 g/mol. The zero-order valence-electron chi connectivity index (χ0n) is 16.5. The number of fused-ring (bicyclic) bond motifs is 1. The molecule has 2 aliphatic heterocycles. The number of hydrogen-bond donors (Lipinski definition) is 3. The van der Waals surface area contributed by atoms with Crippen molar-refractivity contribution in [1.29, 1.82) is 0 Å². The van der Waals surface area contributed by atoms with E-state index in [1.54, 1.807) is 0 Å². The van der Waals surface area contributed by atoms with Gasteiger partial charge in [0.05, 0.1) is 6.61 Å². The second-order valence-corrected chi connectivity index (χ2v) is 7.24. The molecule has 5 heteroatoms. The fourth-order valence-electron chi connectivity index (χ4n) is 3.83. The SMILES string of the molecule is Cc1c(NC2=NC=CC3C(CNCCO)=CC=NC23)cccc1-c1ccccc1. The summed E-state index contributed by atoms with van der Waals surface area (Å²) in [5, 5.41) is 15.8. The molecule has 0 amide bonds. The highest BCUT2D eigenvalue weighted by Gasteiger charge is 2.30. The van der Waals surface area contributed by atoms with Gasteiger partial charge in [0.2, 0.25) is 0 Å². The maximum Gasteiger partial charge on any atom is 0.132 e. The van der Waals surface area contributed by atoms with Crippen LogP contribution in [-0.2, 0) is 0 Å². The highest BCUT2D eigenvalue weighted by molar-refractivity contribution is 6.03. The summed E-state index contributed by atoms with van der Waals surface area (Å²) in [4.78, 5) is 9.30. The van der Waals surface area contributed by atoms with E-state index in [0.717, 1.165) is 18.1 Å². The Balaban J connectivity index is 1.55. The third-order valence-corrected chi connectivity index (χ3v) is 5.39. The zero-order valence-corrected chi connectivity index (χ0v) is 16.5. The van der Waals surface area contributed by atoms with Crippen LogP contribution < -0.4 is 10.6 Å². The highest BCUT2D eigenvalue weighted by Crippen LogP contribution is 2.31. The molecule has 4 rings (SSSR count). The number of nitrogens with one attached hydrogen (secondary N) is 2. The predicted molar refractivity (Wildman–Crippen MR) is 121 cm³/mol. The van der Waals surface area contributed by atoms with Crippen LogP contribution >= 0.6 is 0 Å². The van der Waals surface area contributed by atoms with Crippen LogP contribution in [0.3, 0.4) is 0 Å². The first-order valence-corrected chi connectivity index (χ1v) is 9.98. The summed E-state index contributed by atoms with van der Waals surface area (Å²) >= 11 is 0. The Hall–Kier alpha value is -3.02. The Morgan fingerprint density at radius 2 is 1.93 bits per heavy atom. The number of benzene rings is 2. The molecular weight excluding hydrogens is 360 g/mol. The molecule has 29 heavy (non-hydrogen) atoms. The van der Waals surface area contributed by atoms with Crippen molar-refractivity contribution < 1.29 is 5.11 Å². The molecule has 2 atom stereocenters. The number of aliphatic imine (C=N–C) groups is 2. The molecule has 2 aromatic carbocycles. The number of aliphatic hydroxyl groups is 1. The summed E-state index contributed by atoms with van der Waals surface area (Å²) in [7, 11) is 0. The van der Waals surface area contributed by atoms with Gasteiger partial charge in [0.25, 0.3) is 0 Å². The van der Waals surface area contributed by atoms with Gasteiger partial charge in [0.15, 0.2) is 0 Å². The van der Waals surface area contributed by atoms with Gasteiger partial charge in [0.1, 0.15) is 11.9 Å². The summed E-state index contributed by atoms with van der Waals surface area (Å²) in [6, 6.07) is 16.7. The van der Waals surface area contributed by atoms with Crippen LogP contribution in [0.2, 0.25) is 0 Å². The van der Waals surface area contributed by atoms with Crippen LogP contribution in [0.15, 0.2) is 82.4 Å². The topological polar surface area (TPSA) is 69.0 Å². The van der Waals surface area contributed by atoms with Gasteiger partial charge in [-0.2, -0.15) is 0 Å². The van der Waals surface area contributed by atoms with Gasteiger partial charge in [-0.05, 0) is 41.3 Å². The van der Waals surface area contributed by atoms with E-state index in [1.807, 2.05) is 18.5 Å². The zero-order chi connectivity index (χ0) is 20.1. The van der Waals surface area contributed by atoms with Crippen molar-refractivity contribution in [2.45, 2.75) is 13.0 Å². The molecule has 5 nitrogen and oxygen atoms in total. The second-order valence-electron chi connectivity index (χ2n) is 7.24. The van der Waals surface area contributed by atoms with Crippen molar-refractivity contribution in [2.75, 3.05) is 25.0 Å². The molecule has 0 radical (unpaired) electrons. The lowest BCUT2D eigenvalue weighted by atomic mass is 9.87. The minimum Gasteiger partial charge on any atom is -0.395 e. The molecule has 0 bridgehead atoms. The van der Waals surface area contributed by atoms with E-state index >= 15 is 0 Å². The van der Waals surface area contributed by atoms with Gasteiger partial charge in [-0.1, -0.05) is 48.5 Å². The number of hydrogen-bond acceptors (Lipinski definition) is 5. The molecule has 0 fully saturated rings. The van der Waals surface area contributed by atoms with Crippen molar-refractivity contribution in [1.82, 2.24) is 5.32 Å². The van der Waals surface area contributed by atoms with Gasteiger partial charge >= 0.3 is 0 Å². The fourth-order valence-corrected chi connectivity index (χ4v) is 3.83. The van der Waals surface area contributed by atoms with E-state index in [1.165, 1.54) is 22.3 Å². The molecular formula is C24H26N4O. The summed E-state index contributed by atoms with van der Waals surface area (Å²) in [6.07, 6.45) is 7.88. The normalized spacial score (nSPS) is 20.1. The second kappa shape index (κ2) is 8.99. The minimum absolute atomic E-state index is 0.0595. The Bertz CT molecular complexity index is 976. The minimum atomic E-state index is -0.0595. The maximum absolute atomic E-state index is 9.01. The Kier molecular flexibility index (Phi) is 5.98. The lowest BCUT2D eigenvalue weighted by Gasteiger charge is -2.30. The molecule has 2 aliphatic rings. The third kappa shape index (κ3) is 4.21. The first-order valence-electron chi connectivity index (χ1n) is 9.98. The van der Waals surface area contributed by atoms with E-state index in [4.69, 9.17) is 10.1 Å². The van der Waals surface area contributed by atoms with Crippen LogP contribution in [0.25, 0.3) is 11.1 Å². The Morgan fingerprint density at radius 1 is 1.07 bits per heavy atom. The number of amidine groups is 1. The van der Waals surface area contributed by atoms with E-state index in [0.29, 0.717) is 6.54 Å². The molecule has 3 N–H and O–H groups in total. The Labute approximate surface area is 171 Å². The summed E-state index contributed by atoms with van der Waals surface area (Å²) in [6.45, 7) is 3.58. The number of aliphatic hydroxyl groups excluding tert-OH is 1. The van der Waals surface area contributed by atoms with E-state index < -0.39 is 0 Å². The molecule has 0 aromatic heterocycles. The van der Waals surface area contributed by atoms with Crippen LogP contribution in [0.5, 0.6) is 0 Å². The largest absolute Gasteiger partial charge is 0.395 e. The first-order chi connectivity index (χ1) is 14.3. The molecule has 2 heterocycles. The standard InChI is InChI=1S/C24H26N4O/c1-17-20(18-6-3-2-4-7-18)8-5-9-22(17)28-24-23-21(11-13-27-24)19(10-12-26-23)16-25-14-15-29/h2-13,21,23,25,29H,14-16H2,1H3,(H,27,28). The van der Waals surface area contributed by atoms with E-state index in [-0.39, 0.29) is 18.6 Å². The Morgan fingerprint density at radius 3 is 2.76 bits per heavy atom. The first kappa shape index (κ1) is 19.3. The predicted octanol–water partition coefficient (Wildman–Crippen LogP) is 3.58. The van der Waals surface area contributed by atoms with Gasteiger partial charge in [-0.3, -0.25) is 4.99 Å². The van der Waals surface area contributed by atoms with Crippen molar-refractivity contribution in [3.63, 3.8) is 0 Å². The van der Waals surface area contributed by atoms with Gasteiger partial charge in [0, 0.05) is 37.1 Å². The fraction of sp³-hybridized carbons (Fsp3) is 0.250. The summed E-state index contributed by atoms with van der Waals surface area (Å²) < 4.78 is 0. The van der Waals surface area contributed by atoms with Gasteiger partial charge in [-0.25, -0.2) is 4.99 Å². The lowest BCUT2D eigenvalue weighted by molar-refractivity contribution is 0.293. The average molecular weight is 386 g/mol. The van der Waals surface area contributed by atoms with Crippen molar-refractivity contribution >= 4 is 17.7 Å². The van der Waals surface area contributed by atoms with Crippen LogP contribution in [0.1, 0.15) is 5.56 Å². The highest BCUT2D eigenvalue weighted by atomic mass is 16.3. The molecule has 0 saturated carbocycles. The number of nitrogens with zero attached hydrogens (tertiary/aromatic N) is 2. The number of dihydropyridines is 1. The van der Waals surface area contributed by atoms with Crippen molar-refractivity contribution in [3.8, 4) is 11.1 Å². The van der Waals surface area contributed by atoms with Crippen molar-refractivity contribution in [2.24, 2.45) is 15.9 Å². The van der Waals surface area contributed by atoms with Crippen LogP contribution in [0, 0.1) is 12.8 Å². The molecule has 2 aromatic rings. The quantitative estimate of drug-likeness (QED) is 0.665. The third-order valence-electron chi connectivity index (χ3n) is 5.39. The van der Waals surface area contributed by atoms with Crippen LogP contribution in [-0.4, -0.2) is 42.9 Å². The molecule has 0 spiro atoms. The number of anilines is 1. The van der Waals surface area contributed by atoms with Crippen LogP contribution in [0.4, 0.5) is 5.69 Å². The van der Waals surface area contributed by atoms with E-state index in [9.17, 15) is 0 Å². The number of allylic oxidation sites excluding steroid dienone is 1. The molecule has 2 unspecified atom stereocenters. The maximum atomic E-state index is 9.01. The summed E-state index contributed by atoms with van der Waals surface area (Å²) in [5.41, 5.74) is 5.89. The van der Waals surface area contributed by atoms with E-state index in [2.05, 4.69) is 77.2 Å². The van der Waals surface area contributed by atoms with Gasteiger partial charge < -0.3 is 15.7 Å².